The van der Waals surface area contributed by atoms with Crippen molar-refractivity contribution in [2.75, 3.05) is 13.1 Å². The smallest absolute Gasteiger partial charge is 0.263 e. The Kier molecular flexibility index (Phi) is 4.66. The minimum Gasteiger partial charge on any atom is -0.338 e. The maximum Gasteiger partial charge on any atom is 0.263 e. The summed E-state index contributed by atoms with van der Waals surface area (Å²) in [6.45, 7) is 7.68. The van der Waals surface area contributed by atoms with Gasteiger partial charge in [-0.25, -0.2) is 0 Å². The number of carbonyl (C=O) groups is 1. The predicted octanol–water partition coefficient (Wildman–Crippen LogP) is 3.81. The third-order valence-electron chi connectivity index (χ3n) is 4.50. The fraction of sp³-hybridized carbons (Fsp3) is 0.444. The standard InChI is InChI=1S/C18H23N3OS/c1-4-8-14-13(2)20(3)19-17(14)15-9-10-16(23-15)18(22)21-11-6-5-7-12-21/h4,9-10H,1,5-8,11-12H2,2-3H3. The Bertz CT molecular complexity index is 723. The van der Waals surface area contributed by atoms with Crippen LogP contribution in [0, 0.1) is 6.92 Å². The monoisotopic (exact) mass is 329 g/mol. The number of amides is 1. The zero-order chi connectivity index (χ0) is 16.4. The molecule has 0 aliphatic carbocycles. The summed E-state index contributed by atoms with van der Waals surface area (Å²) >= 11 is 1.55. The van der Waals surface area contributed by atoms with Crippen LogP contribution in [0.1, 0.15) is 40.2 Å². The molecule has 0 bridgehead atoms. The highest BCUT2D eigenvalue weighted by molar-refractivity contribution is 7.17. The van der Waals surface area contributed by atoms with E-state index in [4.69, 9.17) is 0 Å². The lowest BCUT2D eigenvalue weighted by molar-refractivity contribution is 0.0729. The SMILES string of the molecule is C=CCc1c(-c2ccc(C(=O)N3CCCCC3)s2)nn(C)c1C. The molecule has 0 atom stereocenters. The quantitative estimate of drug-likeness (QED) is 0.800. The van der Waals surface area contributed by atoms with Crippen molar-refractivity contribution >= 4 is 17.2 Å². The summed E-state index contributed by atoms with van der Waals surface area (Å²) in [5, 5.41) is 4.64. The molecule has 23 heavy (non-hydrogen) atoms. The Labute approximate surface area is 141 Å². The first kappa shape index (κ1) is 16.0. The van der Waals surface area contributed by atoms with Crippen molar-refractivity contribution in [3.63, 3.8) is 0 Å². The van der Waals surface area contributed by atoms with E-state index in [1.807, 2.05) is 34.8 Å². The number of aryl methyl sites for hydroxylation is 1. The molecular weight excluding hydrogens is 306 g/mol. The number of rotatable bonds is 4. The second-order valence-electron chi connectivity index (χ2n) is 6.05. The highest BCUT2D eigenvalue weighted by Gasteiger charge is 2.21. The third kappa shape index (κ3) is 3.11. The molecule has 1 saturated heterocycles. The maximum atomic E-state index is 12.6. The van der Waals surface area contributed by atoms with Crippen molar-refractivity contribution in [3.05, 3.63) is 40.9 Å². The summed E-state index contributed by atoms with van der Waals surface area (Å²) in [5.74, 6) is 0.166. The number of thiophene rings is 1. The molecule has 0 spiro atoms. The summed E-state index contributed by atoms with van der Waals surface area (Å²) < 4.78 is 1.90. The molecule has 4 nitrogen and oxygen atoms in total. The fourth-order valence-electron chi connectivity index (χ4n) is 3.07. The van der Waals surface area contributed by atoms with E-state index >= 15 is 0 Å². The number of aromatic nitrogens is 2. The molecule has 0 aromatic carbocycles. The van der Waals surface area contributed by atoms with Gasteiger partial charge in [-0.2, -0.15) is 5.10 Å². The molecule has 1 aliphatic rings. The number of likely N-dealkylation sites (tertiary alicyclic amines) is 1. The summed E-state index contributed by atoms with van der Waals surface area (Å²) in [6, 6.07) is 3.97. The van der Waals surface area contributed by atoms with Crippen molar-refractivity contribution in [1.29, 1.82) is 0 Å². The maximum absolute atomic E-state index is 12.6. The molecule has 5 heteroatoms. The van der Waals surface area contributed by atoms with E-state index in [1.165, 1.54) is 12.0 Å². The molecule has 3 heterocycles. The minimum atomic E-state index is 0.166. The van der Waals surface area contributed by atoms with Crippen LogP contribution in [0.2, 0.25) is 0 Å². The normalized spacial score (nSPS) is 15.0. The molecule has 0 N–H and O–H groups in total. The van der Waals surface area contributed by atoms with Crippen LogP contribution < -0.4 is 0 Å². The van der Waals surface area contributed by atoms with Gasteiger partial charge >= 0.3 is 0 Å². The molecule has 0 unspecified atom stereocenters. The van der Waals surface area contributed by atoms with E-state index in [0.717, 1.165) is 53.5 Å². The average molecular weight is 329 g/mol. The number of allylic oxidation sites excluding steroid dienone is 1. The lowest BCUT2D eigenvalue weighted by Gasteiger charge is -2.26. The van der Waals surface area contributed by atoms with Crippen LogP contribution in [0.3, 0.4) is 0 Å². The van der Waals surface area contributed by atoms with Crippen LogP contribution in [0.5, 0.6) is 0 Å². The summed E-state index contributed by atoms with van der Waals surface area (Å²) in [4.78, 5) is 16.5. The third-order valence-corrected chi connectivity index (χ3v) is 5.58. The molecule has 1 amide bonds. The second-order valence-corrected chi connectivity index (χ2v) is 7.13. The highest BCUT2D eigenvalue weighted by atomic mass is 32.1. The lowest BCUT2D eigenvalue weighted by atomic mass is 10.1. The van der Waals surface area contributed by atoms with E-state index in [2.05, 4.69) is 18.6 Å². The molecule has 3 rings (SSSR count). The predicted molar refractivity (Wildman–Crippen MR) is 94.9 cm³/mol. The summed E-state index contributed by atoms with van der Waals surface area (Å²) in [5.41, 5.74) is 3.33. The van der Waals surface area contributed by atoms with Crippen LogP contribution >= 0.6 is 11.3 Å². The molecule has 0 saturated carbocycles. The van der Waals surface area contributed by atoms with Gasteiger partial charge < -0.3 is 4.90 Å². The van der Waals surface area contributed by atoms with Crippen molar-refractivity contribution < 1.29 is 4.79 Å². The number of hydrogen-bond acceptors (Lipinski definition) is 3. The van der Waals surface area contributed by atoms with Gasteiger partial charge in [-0.05, 0) is 44.7 Å². The van der Waals surface area contributed by atoms with Crippen molar-refractivity contribution in [1.82, 2.24) is 14.7 Å². The zero-order valence-corrected chi connectivity index (χ0v) is 14.7. The Morgan fingerprint density at radius 2 is 2.09 bits per heavy atom. The number of hydrogen-bond donors (Lipinski definition) is 0. The van der Waals surface area contributed by atoms with E-state index in [0.29, 0.717) is 0 Å². The topological polar surface area (TPSA) is 38.1 Å². The van der Waals surface area contributed by atoms with Crippen molar-refractivity contribution in [2.24, 2.45) is 7.05 Å². The van der Waals surface area contributed by atoms with Crippen molar-refractivity contribution in [3.8, 4) is 10.6 Å². The van der Waals surface area contributed by atoms with Gasteiger partial charge in [0.05, 0.1) is 9.75 Å². The number of carbonyl (C=O) groups excluding carboxylic acids is 1. The van der Waals surface area contributed by atoms with Gasteiger partial charge in [-0.15, -0.1) is 17.9 Å². The first-order chi connectivity index (χ1) is 11.1. The Morgan fingerprint density at radius 3 is 2.78 bits per heavy atom. The summed E-state index contributed by atoms with van der Waals surface area (Å²) in [6.07, 6.45) is 6.17. The Balaban J connectivity index is 1.88. The van der Waals surface area contributed by atoms with E-state index in [-0.39, 0.29) is 5.91 Å². The van der Waals surface area contributed by atoms with E-state index in [9.17, 15) is 4.79 Å². The lowest BCUT2D eigenvalue weighted by Crippen LogP contribution is -2.35. The highest BCUT2D eigenvalue weighted by Crippen LogP contribution is 2.32. The van der Waals surface area contributed by atoms with Gasteiger partial charge in [0.25, 0.3) is 5.91 Å². The van der Waals surface area contributed by atoms with E-state index < -0.39 is 0 Å². The fourth-order valence-corrected chi connectivity index (χ4v) is 4.06. The number of nitrogens with zero attached hydrogens (tertiary/aromatic N) is 3. The van der Waals surface area contributed by atoms with Gasteiger partial charge in [0, 0.05) is 31.4 Å². The van der Waals surface area contributed by atoms with Crippen LogP contribution in [-0.4, -0.2) is 33.7 Å². The van der Waals surface area contributed by atoms with Crippen LogP contribution in [0.25, 0.3) is 10.6 Å². The molecular formula is C18H23N3OS. The van der Waals surface area contributed by atoms with Crippen LogP contribution in [0.4, 0.5) is 0 Å². The molecule has 0 radical (unpaired) electrons. The minimum absolute atomic E-state index is 0.166. The Morgan fingerprint density at radius 1 is 1.35 bits per heavy atom. The molecule has 2 aromatic rings. The van der Waals surface area contributed by atoms with Gasteiger partial charge in [0.2, 0.25) is 0 Å². The van der Waals surface area contributed by atoms with Gasteiger partial charge in [0.15, 0.2) is 0 Å². The van der Waals surface area contributed by atoms with Gasteiger partial charge in [-0.3, -0.25) is 9.48 Å². The molecule has 1 fully saturated rings. The molecule has 1 aliphatic heterocycles. The molecule has 122 valence electrons. The van der Waals surface area contributed by atoms with Gasteiger partial charge in [0.1, 0.15) is 5.69 Å². The van der Waals surface area contributed by atoms with E-state index in [1.54, 1.807) is 11.3 Å². The van der Waals surface area contributed by atoms with Gasteiger partial charge in [-0.1, -0.05) is 6.08 Å². The largest absolute Gasteiger partial charge is 0.338 e. The first-order valence-corrected chi connectivity index (χ1v) is 8.96. The number of piperidine rings is 1. The second kappa shape index (κ2) is 6.71. The average Bonchev–Trinajstić information content (AvgIpc) is 3.16. The Hall–Kier alpha value is -1.88. The zero-order valence-electron chi connectivity index (χ0n) is 13.8. The van der Waals surface area contributed by atoms with Crippen LogP contribution in [0.15, 0.2) is 24.8 Å². The molecule has 2 aromatic heterocycles. The van der Waals surface area contributed by atoms with Crippen molar-refractivity contribution in [2.45, 2.75) is 32.6 Å². The first-order valence-electron chi connectivity index (χ1n) is 8.14. The van der Waals surface area contributed by atoms with Crippen LogP contribution in [-0.2, 0) is 13.5 Å². The summed E-state index contributed by atoms with van der Waals surface area (Å²) in [7, 11) is 1.96.